The second-order valence-electron chi connectivity index (χ2n) is 4.27. The molecule has 0 atom stereocenters. The van der Waals surface area contributed by atoms with Crippen molar-refractivity contribution in [3.8, 4) is 0 Å². The van der Waals surface area contributed by atoms with E-state index < -0.39 is 0 Å². The second kappa shape index (κ2) is 6.63. The molecule has 0 amide bonds. The minimum absolute atomic E-state index is 0.685. The Morgan fingerprint density at radius 1 is 1.00 bits per heavy atom. The number of nitrogens with zero attached hydrogens (tertiary/aromatic N) is 1. The summed E-state index contributed by atoms with van der Waals surface area (Å²) in [5, 5.41) is 0. The number of rotatable bonds is 6. The minimum atomic E-state index is 0.685. The Hall–Kier alpha value is -0.900. The Morgan fingerprint density at radius 3 is 2.12 bits per heavy atom. The molecule has 0 aliphatic heterocycles. The van der Waals surface area contributed by atoms with E-state index >= 15 is 0 Å². The molecule has 0 unspecified atom stereocenters. The van der Waals surface area contributed by atoms with E-state index in [0.717, 1.165) is 19.6 Å². The average molecular weight is 221 g/mol. The first-order valence-corrected chi connectivity index (χ1v) is 5.86. The van der Waals surface area contributed by atoms with Crippen LogP contribution in [0.5, 0.6) is 0 Å². The standard InChI is InChI=1S/C13H23N3/c1-11-3-4-13(9-12(11)2)10-16(7-5-14)8-6-15/h3-4,9H,5-8,10,14-15H2,1-2H3. The largest absolute Gasteiger partial charge is 0.329 e. The Kier molecular flexibility index (Phi) is 5.46. The monoisotopic (exact) mass is 221 g/mol. The third-order valence-electron chi connectivity index (χ3n) is 2.87. The Balaban J connectivity index is 2.65. The van der Waals surface area contributed by atoms with Gasteiger partial charge >= 0.3 is 0 Å². The van der Waals surface area contributed by atoms with Crippen LogP contribution in [0.1, 0.15) is 16.7 Å². The van der Waals surface area contributed by atoms with Gasteiger partial charge in [-0.15, -0.1) is 0 Å². The highest BCUT2D eigenvalue weighted by molar-refractivity contribution is 5.29. The lowest BCUT2D eigenvalue weighted by Crippen LogP contribution is -2.33. The first-order chi connectivity index (χ1) is 7.67. The highest BCUT2D eigenvalue weighted by Crippen LogP contribution is 2.11. The average Bonchev–Trinajstić information content (AvgIpc) is 2.24. The van der Waals surface area contributed by atoms with Crippen LogP contribution in [0.15, 0.2) is 18.2 Å². The van der Waals surface area contributed by atoms with Crippen molar-refractivity contribution in [2.75, 3.05) is 26.2 Å². The molecule has 1 aromatic carbocycles. The van der Waals surface area contributed by atoms with Crippen molar-refractivity contribution >= 4 is 0 Å². The lowest BCUT2D eigenvalue weighted by Gasteiger charge is -2.21. The molecule has 0 bridgehead atoms. The molecule has 0 fully saturated rings. The molecule has 90 valence electrons. The van der Waals surface area contributed by atoms with E-state index in [9.17, 15) is 0 Å². The van der Waals surface area contributed by atoms with Crippen molar-refractivity contribution in [1.29, 1.82) is 0 Å². The molecule has 0 heterocycles. The number of aryl methyl sites for hydroxylation is 2. The predicted octanol–water partition coefficient (Wildman–Crippen LogP) is 1.02. The van der Waals surface area contributed by atoms with Crippen LogP contribution < -0.4 is 11.5 Å². The Bertz CT molecular complexity index is 317. The van der Waals surface area contributed by atoms with Crippen LogP contribution in [-0.4, -0.2) is 31.1 Å². The molecule has 1 rings (SSSR count). The lowest BCUT2D eigenvalue weighted by molar-refractivity contribution is 0.281. The molecule has 0 aliphatic rings. The fourth-order valence-electron chi connectivity index (χ4n) is 1.80. The van der Waals surface area contributed by atoms with Gasteiger partial charge in [-0.3, -0.25) is 4.90 Å². The number of nitrogens with two attached hydrogens (primary N) is 2. The molecule has 0 spiro atoms. The summed E-state index contributed by atoms with van der Waals surface area (Å²) in [5.41, 5.74) is 15.2. The van der Waals surface area contributed by atoms with Gasteiger partial charge in [-0.25, -0.2) is 0 Å². The van der Waals surface area contributed by atoms with Crippen molar-refractivity contribution in [3.63, 3.8) is 0 Å². The molecule has 3 heteroatoms. The van der Waals surface area contributed by atoms with Crippen molar-refractivity contribution in [2.45, 2.75) is 20.4 Å². The zero-order valence-corrected chi connectivity index (χ0v) is 10.4. The van der Waals surface area contributed by atoms with Gasteiger partial charge in [0.05, 0.1) is 0 Å². The molecule has 1 aromatic rings. The predicted molar refractivity (Wildman–Crippen MR) is 69.3 cm³/mol. The molecule has 3 nitrogen and oxygen atoms in total. The molecule has 0 radical (unpaired) electrons. The molecule has 4 N–H and O–H groups in total. The van der Waals surface area contributed by atoms with E-state index in [1.807, 2.05) is 0 Å². The first kappa shape index (κ1) is 13.2. The van der Waals surface area contributed by atoms with Gasteiger partial charge in [0, 0.05) is 32.7 Å². The number of hydrogen-bond donors (Lipinski definition) is 2. The first-order valence-electron chi connectivity index (χ1n) is 5.86. The smallest absolute Gasteiger partial charge is 0.0234 e. The maximum absolute atomic E-state index is 5.58. The zero-order chi connectivity index (χ0) is 12.0. The van der Waals surface area contributed by atoms with Crippen LogP contribution in [0, 0.1) is 13.8 Å². The van der Waals surface area contributed by atoms with E-state index in [1.54, 1.807) is 0 Å². The topological polar surface area (TPSA) is 55.3 Å². The van der Waals surface area contributed by atoms with Crippen LogP contribution >= 0.6 is 0 Å². The summed E-state index contributed by atoms with van der Waals surface area (Å²) in [4.78, 5) is 2.30. The van der Waals surface area contributed by atoms with Crippen LogP contribution in [-0.2, 0) is 6.54 Å². The molecule has 0 aliphatic carbocycles. The van der Waals surface area contributed by atoms with Crippen LogP contribution in [0.4, 0.5) is 0 Å². The summed E-state index contributed by atoms with van der Waals surface area (Å²) in [7, 11) is 0. The molecule has 16 heavy (non-hydrogen) atoms. The number of benzene rings is 1. The summed E-state index contributed by atoms with van der Waals surface area (Å²) in [6.45, 7) is 8.41. The summed E-state index contributed by atoms with van der Waals surface area (Å²) >= 11 is 0. The summed E-state index contributed by atoms with van der Waals surface area (Å²) in [6, 6.07) is 6.60. The van der Waals surface area contributed by atoms with Gasteiger partial charge in [0.25, 0.3) is 0 Å². The zero-order valence-electron chi connectivity index (χ0n) is 10.4. The van der Waals surface area contributed by atoms with E-state index in [1.165, 1.54) is 16.7 Å². The maximum atomic E-state index is 5.58. The Morgan fingerprint density at radius 2 is 1.62 bits per heavy atom. The quantitative estimate of drug-likeness (QED) is 0.754. The third kappa shape index (κ3) is 3.93. The second-order valence-corrected chi connectivity index (χ2v) is 4.27. The fraction of sp³-hybridized carbons (Fsp3) is 0.538. The SMILES string of the molecule is Cc1ccc(CN(CCN)CCN)cc1C. The van der Waals surface area contributed by atoms with Gasteiger partial charge in [0.1, 0.15) is 0 Å². The summed E-state index contributed by atoms with van der Waals surface area (Å²) in [5.74, 6) is 0. The van der Waals surface area contributed by atoms with Crippen molar-refractivity contribution in [2.24, 2.45) is 11.5 Å². The van der Waals surface area contributed by atoms with Gasteiger partial charge in [-0.2, -0.15) is 0 Å². The molecular weight excluding hydrogens is 198 g/mol. The van der Waals surface area contributed by atoms with Crippen molar-refractivity contribution < 1.29 is 0 Å². The van der Waals surface area contributed by atoms with Crippen LogP contribution in [0.3, 0.4) is 0 Å². The van der Waals surface area contributed by atoms with Gasteiger partial charge in [0.2, 0.25) is 0 Å². The van der Waals surface area contributed by atoms with Crippen molar-refractivity contribution in [3.05, 3.63) is 34.9 Å². The van der Waals surface area contributed by atoms with Gasteiger partial charge in [-0.05, 0) is 30.5 Å². The highest BCUT2D eigenvalue weighted by atomic mass is 15.1. The summed E-state index contributed by atoms with van der Waals surface area (Å²) < 4.78 is 0. The molecule has 0 saturated heterocycles. The minimum Gasteiger partial charge on any atom is -0.329 e. The van der Waals surface area contributed by atoms with E-state index in [2.05, 4.69) is 36.9 Å². The normalized spacial score (nSPS) is 11.1. The molecular formula is C13H23N3. The maximum Gasteiger partial charge on any atom is 0.0234 e. The van der Waals surface area contributed by atoms with E-state index in [0.29, 0.717) is 13.1 Å². The third-order valence-corrected chi connectivity index (χ3v) is 2.87. The highest BCUT2D eigenvalue weighted by Gasteiger charge is 2.04. The van der Waals surface area contributed by atoms with E-state index in [-0.39, 0.29) is 0 Å². The molecule has 0 aromatic heterocycles. The number of hydrogen-bond acceptors (Lipinski definition) is 3. The fourth-order valence-corrected chi connectivity index (χ4v) is 1.80. The molecule has 0 saturated carbocycles. The lowest BCUT2D eigenvalue weighted by atomic mass is 10.1. The van der Waals surface area contributed by atoms with Gasteiger partial charge in [-0.1, -0.05) is 18.2 Å². The van der Waals surface area contributed by atoms with Crippen molar-refractivity contribution in [1.82, 2.24) is 4.90 Å². The van der Waals surface area contributed by atoms with Crippen LogP contribution in [0.2, 0.25) is 0 Å². The van der Waals surface area contributed by atoms with Gasteiger partial charge < -0.3 is 11.5 Å². The van der Waals surface area contributed by atoms with E-state index in [4.69, 9.17) is 11.5 Å². The Labute approximate surface area is 98.4 Å². The summed E-state index contributed by atoms with van der Waals surface area (Å²) in [6.07, 6.45) is 0. The van der Waals surface area contributed by atoms with Gasteiger partial charge in [0.15, 0.2) is 0 Å². The van der Waals surface area contributed by atoms with Crippen LogP contribution in [0.25, 0.3) is 0 Å².